The quantitative estimate of drug-likeness (QED) is 0.201. The second kappa shape index (κ2) is 15.7. The van der Waals surface area contributed by atoms with Crippen molar-refractivity contribution in [3.05, 3.63) is 52.2 Å². The molecule has 1 atom stereocenters. The molecule has 0 fully saturated rings. The monoisotopic (exact) mass is 562 g/mol. The summed E-state index contributed by atoms with van der Waals surface area (Å²) in [5.74, 6) is -1.08. The minimum Gasteiger partial charge on any atom is -0.493 e. The van der Waals surface area contributed by atoms with Gasteiger partial charge in [-0.15, -0.1) is 11.3 Å². The fourth-order valence-electron chi connectivity index (χ4n) is 3.53. The summed E-state index contributed by atoms with van der Waals surface area (Å²) < 4.78 is 21.4. The second-order valence-electron chi connectivity index (χ2n) is 9.45. The van der Waals surface area contributed by atoms with E-state index in [0.717, 1.165) is 4.88 Å². The van der Waals surface area contributed by atoms with Gasteiger partial charge in [0.05, 0.1) is 26.4 Å². The van der Waals surface area contributed by atoms with Crippen LogP contribution in [0.3, 0.4) is 0 Å². The van der Waals surface area contributed by atoms with Crippen molar-refractivity contribution in [3.63, 3.8) is 0 Å². The largest absolute Gasteiger partial charge is 0.493 e. The van der Waals surface area contributed by atoms with Crippen molar-refractivity contribution in [1.82, 2.24) is 10.2 Å². The van der Waals surface area contributed by atoms with Crippen LogP contribution >= 0.6 is 11.3 Å². The number of thiophene rings is 1. The summed E-state index contributed by atoms with van der Waals surface area (Å²) in [6, 6.07) is 9.26. The number of ether oxygens (including phenoxy) is 4. The Bertz CT molecular complexity index is 1080. The molecular weight excluding hydrogens is 524 g/mol. The third-order valence-corrected chi connectivity index (χ3v) is 5.95. The lowest BCUT2D eigenvalue weighted by Gasteiger charge is -2.29. The molecule has 1 aromatic carbocycles. The van der Waals surface area contributed by atoms with Crippen molar-refractivity contribution in [2.75, 3.05) is 26.4 Å². The van der Waals surface area contributed by atoms with Gasteiger partial charge in [-0.3, -0.25) is 14.4 Å². The molecule has 0 aliphatic heterocycles. The molecule has 0 bridgehead atoms. The number of nitrogens with zero attached hydrogens (tertiary/aromatic N) is 1. The molecule has 39 heavy (non-hydrogen) atoms. The molecule has 2 rings (SSSR count). The molecule has 0 saturated carbocycles. The summed E-state index contributed by atoms with van der Waals surface area (Å²) in [6.45, 7) is 9.07. The van der Waals surface area contributed by atoms with Gasteiger partial charge in [0.2, 0.25) is 0 Å². The van der Waals surface area contributed by atoms with E-state index in [1.54, 1.807) is 58.9 Å². The zero-order chi connectivity index (χ0) is 28.8. The highest BCUT2D eigenvalue weighted by Gasteiger charge is 2.33. The van der Waals surface area contributed by atoms with Gasteiger partial charge in [0, 0.05) is 16.9 Å². The molecule has 0 aliphatic rings. The first-order valence-electron chi connectivity index (χ1n) is 12.9. The highest BCUT2D eigenvalue weighted by Crippen LogP contribution is 2.28. The van der Waals surface area contributed by atoms with Crippen LogP contribution in [0, 0.1) is 0 Å². The van der Waals surface area contributed by atoms with Gasteiger partial charge in [0.1, 0.15) is 23.9 Å². The number of esters is 2. The molecule has 2 aromatic rings. The number of para-hydroxylation sites is 1. The average molecular weight is 563 g/mol. The van der Waals surface area contributed by atoms with E-state index in [2.05, 4.69) is 5.32 Å². The van der Waals surface area contributed by atoms with Gasteiger partial charge in [0.15, 0.2) is 0 Å². The Labute approximate surface area is 233 Å². The highest BCUT2D eigenvalue weighted by atomic mass is 32.1. The Kier molecular flexibility index (Phi) is 12.7. The number of alkyl carbamates (subject to hydrolysis) is 1. The summed E-state index contributed by atoms with van der Waals surface area (Å²) in [7, 11) is 0. The summed E-state index contributed by atoms with van der Waals surface area (Å²) in [5.41, 5.74) is -0.424. The van der Waals surface area contributed by atoms with E-state index in [0.29, 0.717) is 24.3 Å². The standard InChI is InChI=1S/C28H38N2O8S/c1-6-35-23(31)15-10-16-37-22-14-9-8-13-21(22)25(29-27(34)38-28(3,4)5)26(33)30(19-24(32)36-7-2)18-20-12-11-17-39-20/h8-9,11-14,17,25H,6-7,10,15-16,18-19H2,1-5H3,(H,29,34). The minimum atomic E-state index is -1.23. The van der Waals surface area contributed by atoms with Gasteiger partial charge in [-0.2, -0.15) is 0 Å². The van der Waals surface area contributed by atoms with Crippen LogP contribution in [-0.2, 0) is 35.1 Å². The predicted molar refractivity (Wildman–Crippen MR) is 146 cm³/mol. The Morgan fingerprint density at radius 3 is 2.31 bits per heavy atom. The summed E-state index contributed by atoms with van der Waals surface area (Å²) in [5, 5.41) is 4.54. The van der Waals surface area contributed by atoms with E-state index in [1.165, 1.54) is 16.2 Å². The number of carbonyl (C=O) groups excluding carboxylic acids is 4. The maximum atomic E-state index is 14.0. The molecule has 214 valence electrons. The highest BCUT2D eigenvalue weighted by molar-refractivity contribution is 7.09. The van der Waals surface area contributed by atoms with Gasteiger partial charge >= 0.3 is 18.0 Å². The van der Waals surface area contributed by atoms with E-state index in [1.807, 2.05) is 17.5 Å². The van der Waals surface area contributed by atoms with Crippen LogP contribution in [0.25, 0.3) is 0 Å². The lowest BCUT2D eigenvalue weighted by molar-refractivity contribution is -0.150. The van der Waals surface area contributed by atoms with Gasteiger partial charge in [-0.25, -0.2) is 4.79 Å². The molecule has 1 N–H and O–H groups in total. The van der Waals surface area contributed by atoms with Crippen LogP contribution in [0.2, 0.25) is 0 Å². The van der Waals surface area contributed by atoms with E-state index in [9.17, 15) is 19.2 Å². The summed E-state index contributed by atoms with van der Waals surface area (Å²) in [4.78, 5) is 53.1. The molecule has 2 amide bonds. The predicted octanol–water partition coefficient (Wildman–Crippen LogP) is 4.63. The van der Waals surface area contributed by atoms with Crippen LogP contribution in [-0.4, -0.2) is 60.8 Å². The molecule has 0 spiro atoms. The maximum absolute atomic E-state index is 14.0. The normalized spacial score (nSPS) is 11.7. The number of carbonyl (C=O) groups is 4. The molecular formula is C28H38N2O8S. The van der Waals surface area contributed by atoms with Crippen molar-refractivity contribution in [1.29, 1.82) is 0 Å². The molecule has 11 heteroatoms. The zero-order valence-electron chi connectivity index (χ0n) is 23.2. The van der Waals surface area contributed by atoms with E-state index in [4.69, 9.17) is 18.9 Å². The summed E-state index contributed by atoms with van der Waals surface area (Å²) in [6.07, 6.45) is -0.216. The SMILES string of the molecule is CCOC(=O)CCCOc1ccccc1C(NC(=O)OC(C)(C)C)C(=O)N(CC(=O)OCC)Cc1cccs1. The van der Waals surface area contributed by atoms with Crippen LogP contribution in [0.1, 0.15) is 63.9 Å². The first-order valence-corrected chi connectivity index (χ1v) is 13.8. The van der Waals surface area contributed by atoms with E-state index in [-0.39, 0.29) is 38.7 Å². The maximum Gasteiger partial charge on any atom is 0.408 e. The first-order chi connectivity index (χ1) is 18.5. The topological polar surface area (TPSA) is 120 Å². The lowest BCUT2D eigenvalue weighted by Crippen LogP contribution is -2.46. The van der Waals surface area contributed by atoms with Gasteiger partial charge < -0.3 is 29.2 Å². The van der Waals surface area contributed by atoms with Crippen molar-refractivity contribution in [3.8, 4) is 5.75 Å². The Morgan fingerprint density at radius 1 is 0.974 bits per heavy atom. The first kappa shape index (κ1) is 31.6. The number of benzene rings is 1. The van der Waals surface area contributed by atoms with Gasteiger partial charge in [-0.05, 0) is 58.6 Å². The Balaban J connectivity index is 2.36. The van der Waals surface area contributed by atoms with Crippen LogP contribution in [0.15, 0.2) is 41.8 Å². The van der Waals surface area contributed by atoms with Crippen molar-refractivity contribution >= 4 is 35.3 Å². The van der Waals surface area contributed by atoms with E-state index >= 15 is 0 Å². The van der Waals surface area contributed by atoms with Crippen molar-refractivity contribution in [2.45, 2.75) is 65.6 Å². The van der Waals surface area contributed by atoms with Crippen LogP contribution in [0.5, 0.6) is 5.75 Å². The second-order valence-corrected chi connectivity index (χ2v) is 10.5. The van der Waals surface area contributed by atoms with Gasteiger partial charge in [0.25, 0.3) is 5.91 Å². The third kappa shape index (κ3) is 11.4. The fraction of sp³-hybridized carbons (Fsp3) is 0.500. The number of nitrogens with one attached hydrogen (secondary N) is 1. The number of hydrogen-bond acceptors (Lipinski definition) is 9. The van der Waals surface area contributed by atoms with Crippen LogP contribution in [0.4, 0.5) is 4.79 Å². The molecule has 10 nitrogen and oxygen atoms in total. The molecule has 1 unspecified atom stereocenters. The zero-order valence-corrected chi connectivity index (χ0v) is 24.0. The van der Waals surface area contributed by atoms with Crippen LogP contribution < -0.4 is 10.1 Å². The third-order valence-electron chi connectivity index (χ3n) is 5.09. The number of amides is 2. The molecule has 0 saturated heterocycles. The lowest BCUT2D eigenvalue weighted by atomic mass is 10.0. The molecule has 0 radical (unpaired) electrons. The summed E-state index contributed by atoms with van der Waals surface area (Å²) >= 11 is 1.44. The van der Waals surface area contributed by atoms with Crippen molar-refractivity contribution in [2.24, 2.45) is 0 Å². The number of rotatable bonds is 14. The molecule has 0 aliphatic carbocycles. The van der Waals surface area contributed by atoms with Gasteiger partial charge in [-0.1, -0.05) is 24.3 Å². The van der Waals surface area contributed by atoms with E-state index < -0.39 is 29.6 Å². The average Bonchev–Trinajstić information content (AvgIpc) is 3.37. The number of hydrogen-bond donors (Lipinski definition) is 1. The molecule has 1 heterocycles. The van der Waals surface area contributed by atoms with Crippen molar-refractivity contribution < 1.29 is 38.1 Å². The Hall–Kier alpha value is -3.60. The minimum absolute atomic E-state index is 0.143. The molecule has 1 aromatic heterocycles. The Morgan fingerprint density at radius 2 is 1.67 bits per heavy atom. The smallest absolute Gasteiger partial charge is 0.408 e. The fourth-order valence-corrected chi connectivity index (χ4v) is 4.25.